The Morgan fingerprint density at radius 2 is 1.94 bits per heavy atom. The molecule has 0 saturated carbocycles. The Balaban J connectivity index is 2.45. The second-order valence-electron chi connectivity index (χ2n) is 4.27. The molecule has 0 radical (unpaired) electrons. The van der Waals surface area contributed by atoms with Gasteiger partial charge in [-0.25, -0.2) is 4.98 Å². The second-order valence-corrected chi connectivity index (χ2v) is 5.35. The van der Waals surface area contributed by atoms with Crippen LogP contribution in [0.15, 0.2) is 35.1 Å². The predicted molar refractivity (Wildman–Crippen MR) is 72.0 cm³/mol. The van der Waals surface area contributed by atoms with Gasteiger partial charge in [-0.05, 0) is 43.2 Å². The molecule has 0 fully saturated rings. The van der Waals surface area contributed by atoms with E-state index in [9.17, 15) is 4.79 Å². The van der Waals surface area contributed by atoms with Gasteiger partial charge in [-0.1, -0.05) is 6.07 Å². The molecule has 1 aromatic carbocycles. The van der Waals surface area contributed by atoms with E-state index < -0.39 is 0 Å². The zero-order valence-corrected chi connectivity index (χ0v) is 10.5. The van der Waals surface area contributed by atoms with Crippen molar-refractivity contribution >= 4 is 21.6 Å². The molecule has 3 heteroatoms. The van der Waals surface area contributed by atoms with Crippen molar-refractivity contribution in [2.45, 2.75) is 13.8 Å². The number of rotatable bonds is 0. The lowest BCUT2D eigenvalue weighted by Crippen LogP contribution is -2.04. The monoisotopic (exact) mass is 241 g/mol. The lowest BCUT2D eigenvalue weighted by Gasteiger charge is -2.06. The van der Waals surface area contributed by atoms with Gasteiger partial charge in [0.25, 0.3) is 0 Å². The fourth-order valence-electron chi connectivity index (χ4n) is 1.87. The van der Waals surface area contributed by atoms with Crippen LogP contribution in [-0.4, -0.2) is 4.98 Å². The van der Waals surface area contributed by atoms with Crippen LogP contribution in [0.25, 0.3) is 20.8 Å². The van der Waals surface area contributed by atoms with E-state index >= 15 is 0 Å². The number of hydrogen-bond donors (Lipinski definition) is 0. The van der Waals surface area contributed by atoms with Crippen molar-refractivity contribution in [2.24, 2.45) is 0 Å². The minimum atomic E-state index is 0.0857. The lowest BCUT2D eigenvalue weighted by molar-refractivity contribution is 1.34. The van der Waals surface area contributed by atoms with Gasteiger partial charge in [0, 0.05) is 6.07 Å². The Hall–Kier alpha value is -1.74. The van der Waals surface area contributed by atoms with Gasteiger partial charge in [-0.3, -0.25) is 4.79 Å². The standard InChI is InChI=1S/C14H11NOS/c1-8-3-4-10-13(5-8)17-14-7-12(16)9(2)6-11(14)15-10/h3-7H,1-2H3. The number of benzene rings is 2. The zero-order chi connectivity index (χ0) is 12.0. The van der Waals surface area contributed by atoms with Crippen molar-refractivity contribution in [3.05, 3.63) is 51.7 Å². The molecule has 0 bridgehead atoms. The van der Waals surface area contributed by atoms with Gasteiger partial charge in [-0.15, -0.1) is 11.3 Å². The van der Waals surface area contributed by atoms with E-state index in [4.69, 9.17) is 0 Å². The first kappa shape index (κ1) is 10.4. The van der Waals surface area contributed by atoms with Crippen molar-refractivity contribution in [1.82, 2.24) is 4.98 Å². The lowest BCUT2D eigenvalue weighted by atomic mass is 10.1. The molecular formula is C14H11NOS. The van der Waals surface area contributed by atoms with Gasteiger partial charge in [0.1, 0.15) is 0 Å². The summed E-state index contributed by atoms with van der Waals surface area (Å²) in [4.78, 5) is 17.2. The van der Waals surface area contributed by atoms with Crippen LogP contribution in [0.4, 0.5) is 0 Å². The summed E-state index contributed by atoms with van der Waals surface area (Å²) < 4.78 is 1.13. The van der Waals surface area contributed by atoms with Crippen LogP contribution in [0.3, 0.4) is 0 Å². The third kappa shape index (κ3) is 1.72. The van der Waals surface area contributed by atoms with Crippen molar-refractivity contribution in [3.63, 3.8) is 0 Å². The van der Waals surface area contributed by atoms with Crippen LogP contribution >= 0.6 is 11.3 Å². The van der Waals surface area contributed by atoms with E-state index in [1.807, 2.05) is 19.1 Å². The first-order valence-corrected chi connectivity index (χ1v) is 6.27. The van der Waals surface area contributed by atoms with Gasteiger partial charge in [0.15, 0.2) is 5.43 Å². The first-order valence-electron chi connectivity index (χ1n) is 5.45. The molecule has 2 aliphatic rings. The highest BCUT2D eigenvalue weighted by atomic mass is 32.1. The molecule has 0 saturated heterocycles. The Kier molecular flexibility index (Phi) is 2.23. The van der Waals surface area contributed by atoms with Gasteiger partial charge in [0.2, 0.25) is 0 Å². The fraction of sp³-hybridized carbons (Fsp3) is 0.143. The van der Waals surface area contributed by atoms with E-state index in [0.29, 0.717) is 0 Å². The SMILES string of the molecule is Cc1ccc2nc3cc(C)c(=O)cc-3sc2c1. The van der Waals surface area contributed by atoms with Crippen LogP contribution in [-0.2, 0) is 0 Å². The number of aromatic nitrogens is 1. The Bertz CT molecular complexity index is 745. The Labute approximate surface area is 103 Å². The molecule has 3 rings (SSSR count). The molecule has 0 spiro atoms. The van der Waals surface area contributed by atoms with E-state index in [1.54, 1.807) is 17.4 Å². The number of nitrogens with zero attached hydrogens (tertiary/aromatic N) is 1. The van der Waals surface area contributed by atoms with Crippen LogP contribution in [0.2, 0.25) is 0 Å². The van der Waals surface area contributed by atoms with E-state index in [0.717, 1.165) is 26.4 Å². The van der Waals surface area contributed by atoms with E-state index in [2.05, 4.69) is 24.0 Å². The fourth-order valence-corrected chi connectivity index (χ4v) is 2.94. The average molecular weight is 241 g/mol. The molecule has 0 N–H and O–H groups in total. The molecule has 1 aliphatic carbocycles. The van der Waals surface area contributed by atoms with Crippen LogP contribution in [0, 0.1) is 13.8 Å². The minimum Gasteiger partial charge on any atom is -0.290 e. The quantitative estimate of drug-likeness (QED) is 0.565. The molecule has 0 atom stereocenters. The molecule has 1 aromatic rings. The summed E-state index contributed by atoms with van der Waals surface area (Å²) in [6, 6.07) is 9.75. The number of hydrogen-bond acceptors (Lipinski definition) is 3. The van der Waals surface area contributed by atoms with E-state index in [1.165, 1.54) is 5.56 Å². The number of fused-ring (bicyclic) bond motifs is 2. The topological polar surface area (TPSA) is 30.0 Å². The van der Waals surface area contributed by atoms with Crippen LogP contribution in [0.1, 0.15) is 11.1 Å². The molecule has 2 nitrogen and oxygen atoms in total. The van der Waals surface area contributed by atoms with E-state index in [-0.39, 0.29) is 5.43 Å². The summed E-state index contributed by atoms with van der Waals surface area (Å²) in [5, 5.41) is 0. The summed E-state index contributed by atoms with van der Waals surface area (Å²) in [6.07, 6.45) is 0. The van der Waals surface area contributed by atoms with Gasteiger partial charge in [0.05, 0.1) is 20.8 Å². The summed E-state index contributed by atoms with van der Waals surface area (Å²) in [6.45, 7) is 3.89. The molecular weight excluding hydrogens is 230 g/mol. The highest BCUT2D eigenvalue weighted by Gasteiger charge is 2.09. The summed E-state index contributed by atoms with van der Waals surface area (Å²) in [5.74, 6) is 0. The predicted octanol–water partition coefficient (Wildman–Crippen LogP) is 3.38. The molecule has 0 amide bonds. The second kappa shape index (κ2) is 3.64. The summed E-state index contributed by atoms with van der Waals surface area (Å²) in [7, 11) is 0. The highest BCUT2D eigenvalue weighted by molar-refractivity contribution is 7.21. The third-order valence-corrected chi connectivity index (χ3v) is 3.93. The van der Waals surface area contributed by atoms with Crippen molar-refractivity contribution < 1.29 is 0 Å². The Morgan fingerprint density at radius 3 is 2.76 bits per heavy atom. The van der Waals surface area contributed by atoms with Crippen molar-refractivity contribution in [2.75, 3.05) is 0 Å². The van der Waals surface area contributed by atoms with Crippen LogP contribution < -0.4 is 5.43 Å². The molecule has 84 valence electrons. The third-order valence-electron chi connectivity index (χ3n) is 2.83. The molecule has 17 heavy (non-hydrogen) atoms. The summed E-state index contributed by atoms with van der Waals surface area (Å²) >= 11 is 1.63. The number of aryl methyl sites for hydroxylation is 2. The largest absolute Gasteiger partial charge is 0.290 e. The summed E-state index contributed by atoms with van der Waals surface area (Å²) in [5.41, 5.74) is 3.95. The highest BCUT2D eigenvalue weighted by Crippen LogP contribution is 2.30. The maximum atomic E-state index is 11.6. The maximum absolute atomic E-state index is 11.6. The minimum absolute atomic E-state index is 0.0857. The van der Waals surface area contributed by atoms with Gasteiger partial charge >= 0.3 is 0 Å². The smallest absolute Gasteiger partial charge is 0.183 e. The Morgan fingerprint density at radius 1 is 1.12 bits per heavy atom. The molecule has 1 heterocycles. The first-order chi connectivity index (χ1) is 8.13. The van der Waals surface area contributed by atoms with Crippen molar-refractivity contribution in [3.8, 4) is 10.6 Å². The van der Waals surface area contributed by atoms with Crippen LogP contribution in [0.5, 0.6) is 0 Å². The van der Waals surface area contributed by atoms with Crippen molar-refractivity contribution in [1.29, 1.82) is 0 Å². The molecule has 1 aliphatic heterocycles. The molecule has 0 unspecified atom stereocenters. The average Bonchev–Trinajstić information content (AvgIpc) is 2.28. The zero-order valence-electron chi connectivity index (χ0n) is 9.65. The van der Waals surface area contributed by atoms with Gasteiger partial charge in [-0.2, -0.15) is 0 Å². The normalized spacial score (nSPS) is 11.2. The molecule has 0 aromatic heterocycles. The van der Waals surface area contributed by atoms with Gasteiger partial charge < -0.3 is 0 Å². The maximum Gasteiger partial charge on any atom is 0.183 e.